The third kappa shape index (κ3) is 2.29. The van der Waals surface area contributed by atoms with E-state index >= 15 is 0 Å². The van der Waals surface area contributed by atoms with Crippen molar-refractivity contribution in [2.75, 3.05) is 0 Å². The summed E-state index contributed by atoms with van der Waals surface area (Å²) < 4.78 is 1.18. The first kappa shape index (κ1) is 12.4. The number of nitrogens with zero attached hydrogens (tertiary/aromatic N) is 2. The van der Waals surface area contributed by atoms with Crippen LogP contribution in [0.2, 0.25) is 0 Å². The molecule has 1 rings (SSSR count). The first-order valence-electron chi connectivity index (χ1n) is 5.15. The van der Waals surface area contributed by atoms with Gasteiger partial charge in [-0.1, -0.05) is 13.8 Å². The van der Waals surface area contributed by atoms with E-state index in [1.807, 2.05) is 13.8 Å². The van der Waals surface area contributed by atoms with E-state index in [0.29, 0.717) is 6.42 Å². The highest BCUT2D eigenvalue weighted by atomic mass is 16.4. The van der Waals surface area contributed by atoms with E-state index in [1.165, 1.54) is 17.0 Å². The number of aromatic nitrogens is 2. The lowest BCUT2D eigenvalue weighted by Gasteiger charge is -2.28. The zero-order valence-electron chi connectivity index (χ0n) is 9.67. The summed E-state index contributed by atoms with van der Waals surface area (Å²) >= 11 is 0. The van der Waals surface area contributed by atoms with Crippen molar-refractivity contribution >= 4 is 5.97 Å². The predicted octanol–water partition coefficient (Wildman–Crippen LogP) is 1.09. The smallest absolute Gasteiger partial charge is 0.348 e. The molecule has 88 valence electrons. The highest BCUT2D eigenvalue weighted by Gasteiger charge is 2.36. The van der Waals surface area contributed by atoms with Gasteiger partial charge in [0, 0.05) is 12.4 Å². The molecule has 0 aliphatic carbocycles. The normalized spacial score (nSPS) is 14.8. The van der Waals surface area contributed by atoms with Crippen LogP contribution in [-0.2, 0) is 10.3 Å². The molecule has 0 saturated carbocycles. The van der Waals surface area contributed by atoms with Crippen LogP contribution in [0, 0.1) is 5.92 Å². The maximum Gasteiger partial charge on any atom is 0.348 e. The molecule has 16 heavy (non-hydrogen) atoms. The third-order valence-corrected chi connectivity index (χ3v) is 2.51. The maximum atomic E-state index is 11.5. The monoisotopic (exact) mass is 224 g/mol. The van der Waals surface area contributed by atoms with Gasteiger partial charge in [-0.15, -0.1) is 0 Å². The molecule has 0 aliphatic rings. The van der Waals surface area contributed by atoms with Crippen molar-refractivity contribution in [3.05, 3.63) is 28.9 Å². The zero-order chi connectivity index (χ0) is 12.3. The minimum absolute atomic E-state index is 0.174. The lowest BCUT2D eigenvalue weighted by molar-refractivity contribution is -0.147. The summed E-state index contributed by atoms with van der Waals surface area (Å²) in [7, 11) is 0. The Hall–Kier alpha value is -1.65. The van der Waals surface area contributed by atoms with Gasteiger partial charge < -0.3 is 5.11 Å². The van der Waals surface area contributed by atoms with Gasteiger partial charge in [0.15, 0.2) is 0 Å². The Kier molecular flexibility index (Phi) is 3.47. The highest BCUT2D eigenvalue weighted by molar-refractivity contribution is 5.76. The molecule has 1 unspecified atom stereocenters. The van der Waals surface area contributed by atoms with Gasteiger partial charge in [0.25, 0.3) is 0 Å². The summed E-state index contributed by atoms with van der Waals surface area (Å²) in [6, 6.07) is 1.56. The van der Waals surface area contributed by atoms with E-state index < -0.39 is 17.2 Å². The molecule has 0 spiro atoms. The number of hydrogen-bond donors (Lipinski definition) is 1. The van der Waals surface area contributed by atoms with Crippen LogP contribution in [0.15, 0.2) is 23.3 Å². The van der Waals surface area contributed by atoms with E-state index in [-0.39, 0.29) is 5.92 Å². The van der Waals surface area contributed by atoms with Gasteiger partial charge in [0.2, 0.25) is 0 Å². The van der Waals surface area contributed by atoms with Gasteiger partial charge in [-0.3, -0.25) is 4.57 Å². The molecule has 0 radical (unpaired) electrons. The minimum atomic E-state index is -1.24. The van der Waals surface area contributed by atoms with Gasteiger partial charge in [-0.05, 0) is 25.3 Å². The van der Waals surface area contributed by atoms with Crippen molar-refractivity contribution in [3.63, 3.8) is 0 Å². The first-order valence-corrected chi connectivity index (χ1v) is 5.15. The number of hydrogen-bond acceptors (Lipinski definition) is 3. The molecule has 0 fully saturated rings. The van der Waals surface area contributed by atoms with E-state index in [9.17, 15) is 14.7 Å². The second-order valence-electron chi connectivity index (χ2n) is 4.45. The summed E-state index contributed by atoms with van der Waals surface area (Å²) in [5.41, 5.74) is -1.77. The van der Waals surface area contributed by atoms with Gasteiger partial charge >= 0.3 is 11.7 Å². The molecule has 1 heterocycles. The number of aliphatic carboxylic acids is 1. The Labute approximate surface area is 93.8 Å². The van der Waals surface area contributed by atoms with Crippen LogP contribution in [-0.4, -0.2) is 20.6 Å². The van der Waals surface area contributed by atoms with Crippen LogP contribution in [0.1, 0.15) is 27.2 Å². The van der Waals surface area contributed by atoms with Gasteiger partial charge in [0.1, 0.15) is 5.54 Å². The van der Waals surface area contributed by atoms with E-state index in [1.54, 1.807) is 13.0 Å². The van der Waals surface area contributed by atoms with Crippen LogP contribution in [0.25, 0.3) is 0 Å². The Bertz CT molecular complexity index is 439. The van der Waals surface area contributed by atoms with E-state index in [2.05, 4.69) is 4.98 Å². The van der Waals surface area contributed by atoms with Gasteiger partial charge in [-0.2, -0.15) is 0 Å². The molecule has 0 aliphatic heterocycles. The maximum absolute atomic E-state index is 11.5. The molecular formula is C11H16N2O3. The first-order chi connectivity index (χ1) is 7.38. The number of carbonyl (C=O) groups is 1. The Balaban J connectivity index is 3.28. The van der Waals surface area contributed by atoms with Crippen LogP contribution in [0.5, 0.6) is 0 Å². The minimum Gasteiger partial charge on any atom is -0.479 e. The lowest BCUT2D eigenvalue weighted by Crippen LogP contribution is -2.46. The zero-order valence-corrected chi connectivity index (χ0v) is 9.67. The van der Waals surface area contributed by atoms with Gasteiger partial charge in [0.05, 0.1) is 0 Å². The molecule has 0 bridgehead atoms. The molecule has 5 nitrogen and oxygen atoms in total. The fourth-order valence-corrected chi connectivity index (χ4v) is 1.82. The number of rotatable bonds is 4. The van der Waals surface area contributed by atoms with Crippen molar-refractivity contribution in [2.45, 2.75) is 32.7 Å². The molecule has 1 aromatic heterocycles. The van der Waals surface area contributed by atoms with Crippen molar-refractivity contribution in [1.82, 2.24) is 9.55 Å². The van der Waals surface area contributed by atoms with Crippen molar-refractivity contribution in [3.8, 4) is 0 Å². The van der Waals surface area contributed by atoms with Crippen LogP contribution in [0.3, 0.4) is 0 Å². The third-order valence-electron chi connectivity index (χ3n) is 2.51. The molecule has 0 amide bonds. The molecule has 5 heteroatoms. The SMILES string of the molecule is CC(C)CC(C)(C(=O)O)n1cccnc1=O. The van der Waals surface area contributed by atoms with Crippen molar-refractivity contribution in [2.24, 2.45) is 5.92 Å². The summed E-state index contributed by atoms with van der Waals surface area (Å²) in [4.78, 5) is 26.4. The van der Waals surface area contributed by atoms with Crippen LogP contribution >= 0.6 is 0 Å². The molecule has 1 N–H and O–H groups in total. The quantitative estimate of drug-likeness (QED) is 0.830. The van der Waals surface area contributed by atoms with Gasteiger partial charge in [-0.25, -0.2) is 14.6 Å². The van der Waals surface area contributed by atoms with Crippen molar-refractivity contribution in [1.29, 1.82) is 0 Å². The Morgan fingerprint density at radius 1 is 1.62 bits per heavy atom. The molecular weight excluding hydrogens is 208 g/mol. The highest BCUT2D eigenvalue weighted by Crippen LogP contribution is 2.23. The molecule has 1 atom stereocenters. The number of carboxylic acids is 1. The molecule has 1 aromatic rings. The van der Waals surface area contributed by atoms with E-state index in [4.69, 9.17) is 0 Å². The lowest BCUT2D eigenvalue weighted by atomic mass is 9.90. The molecule has 0 aromatic carbocycles. The Morgan fingerprint density at radius 3 is 2.69 bits per heavy atom. The van der Waals surface area contributed by atoms with Crippen LogP contribution in [0.4, 0.5) is 0 Å². The van der Waals surface area contributed by atoms with E-state index in [0.717, 1.165) is 0 Å². The Morgan fingerprint density at radius 2 is 2.25 bits per heavy atom. The summed E-state index contributed by atoms with van der Waals surface area (Å²) in [6.45, 7) is 5.38. The summed E-state index contributed by atoms with van der Waals surface area (Å²) in [5, 5.41) is 9.27. The average Bonchev–Trinajstić information content (AvgIpc) is 2.16. The molecule has 0 saturated heterocycles. The second kappa shape index (κ2) is 4.47. The van der Waals surface area contributed by atoms with Crippen LogP contribution < -0.4 is 5.69 Å². The van der Waals surface area contributed by atoms with Crippen molar-refractivity contribution < 1.29 is 9.90 Å². The fourth-order valence-electron chi connectivity index (χ4n) is 1.82. The topological polar surface area (TPSA) is 72.2 Å². The largest absolute Gasteiger partial charge is 0.479 e. The second-order valence-corrected chi connectivity index (χ2v) is 4.45. The predicted molar refractivity (Wildman–Crippen MR) is 59.2 cm³/mol. The summed E-state index contributed by atoms with van der Waals surface area (Å²) in [5.74, 6) is -0.843. The number of carboxylic acid groups (broad SMARTS) is 1. The standard InChI is InChI=1S/C11H16N2O3/c1-8(2)7-11(3,9(14)15)13-6-4-5-12-10(13)16/h4-6,8H,7H2,1-3H3,(H,14,15). The summed E-state index contributed by atoms with van der Waals surface area (Å²) in [6.07, 6.45) is 3.20. The average molecular weight is 224 g/mol. The fraction of sp³-hybridized carbons (Fsp3) is 0.545.